The molecule has 2 amide bonds. The largest absolute Gasteiger partial charge is 0.493 e. The number of ether oxygens (including phenoxy) is 4. The number of fused-ring (bicyclic) bond motifs is 1. The molecular weight excluding hydrogens is 424 g/mol. The van der Waals surface area contributed by atoms with Crippen molar-refractivity contribution in [3.05, 3.63) is 83.4 Å². The predicted octanol–water partition coefficient (Wildman–Crippen LogP) is 3.46. The Morgan fingerprint density at radius 1 is 1.00 bits per heavy atom. The molecule has 1 N–H and O–H groups in total. The van der Waals surface area contributed by atoms with Crippen molar-refractivity contribution in [3.63, 3.8) is 0 Å². The van der Waals surface area contributed by atoms with Gasteiger partial charge in [0.05, 0.1) is 12.8 Å². The molecule has 3 aromatic rings. The van der Waals surface area contributed by atoms with E-state index in [2.05, 4.69) is 5.43 Å². The molecule has 0 aromatic heterocycles. The minimum absolute atomic E-state index is 0.0000330. The summed E-state index contributed by atoms with van der Waals surface area (Å²) in [5, 5.41) is 1.22. The van der Waals surface area contributed by atoms with Gasteiger partial charge in [-0.25, -0.2) is 5.01 Å². The molecular formula is C25H20N2O6. The summed E-state index contributed by atoms with van der Waals surface area (Å²) in [6.45, 7) is 0.420. The van der Waals surface area contributed by atoms with Crippen molar-refractivity contribution in [2.45, 2.75) is 6.61 Å². The Balaban J connectivity index is 1.43. The number of carbonyl (C=O) groups is 2. The van der Waals surface area contributed by atoms with Crippen molar-refractivity contribution in [3.8, 4) is 23.0 Å². The van der Waals surface area contributed by atoms with Crippen LogP contribution >= 0.6 is 0 Å². The predicted molar refractivity (Wildman–Crippen MR) is 120 cm³/mol. The van der Waals surface area contributed by atoms with E-state index in [1.54, 1.807) is 42.5 Å². The maximum atomic E-state index is 13.0. The first-order valence-corrected chi connectivity index (χ1v) is 10.2. The molecule has 0 atom stereocenters. The van der Waals surface area contributed by atoms with E-state index >= 15 is 0 Å². The number of hydrogen-bond donors (Lipinski definition) is 1. The zero-order chi connectivity index (χ0) is 22.8. The van der Waals surface area contributed by atoms with E-state index in [1.165, 1.54) is 18.2 Å². The molecule has 1 saturated heterocycles. The van der Waals surface area contributed by atoms with Crippen LogP contribution < -0.4 is 29.4 Å². The van der Waals surface area contributed by atoms with E-state index in [9.17, 15) is 9.59 Å². The quantitative estimate of drug-likeness (QED) is 0.463. The highest BCUT2D eigenvalue weighted by Crippen LogP contribution is 2.36. The van der Waals surface area contributed by atoms with E-state index in [-0.39, 0.29) is 19.0 Å². The lowest BCUT2D eigenvalue weighted by Gasteiger charge is -2.14. The van der Waals surface area contributed by atoms with Crippen molar-refractivity contribution in [1.29, 1.82) is 0 Å². The molecule has 0 radical (unpaired) electrons. The van der Waals surface area contributed by atoms with Crippen LogP contribution in [0.2, 0.25) is 0 Å². The number of nitrogens with one attached hydrogen (secondary N) is 1. The fourth-order valence-corrected chi connectivity index (χ4v) is 3.62. The molecule has 2 aliphatic heterocycles. The Morgan fingerprint density at radius 3 is 2.64 bits per heavy atom. The van der Waals surface area contributed by atoms with Crippen molar-refractivity contribution in [1.82, 2.24) is 5.43 Å². The minimum atomic E-state index is -0.492. The van der Waals surface area contributed by atoms with Crippen molar-refractivity contribution in [2.24, 2.45) is 0 Å². The van der Waals surface area contributed by atoms with Crippen LogP contribution in [-0.2, 0) is 16.2 Å². The van der Waals surface area contributed by atoms with E-state index in [0.29, 0.717) is 34.2 Å². The van der Waals surface area contributed by atoms with Crippen LogP contribution in [0.25, 0.3) is 6.08 Å². The number of para-hydroxylation sites is 2. The number of rotatable bonds is 6. The van der Waals surface area contributed by atoms with Crippen LogP contribution in [0.1, 0.15) is 11.1 Å². The van der Waals surface area contributed by atoms with Gasteiger partial charge in [-0.3, -0.25) is 15.0 Å². The lowest BCUT2D eigenvalue weighted by atomic mass is 10.1. The van der Waals surface area contributed by atoms with Gasteiger partial charge in [0, 0.05) is 5.56 Å². The molecule has 166 valence electrons. The fraction of sp³-hybridized carbons (Fsp3) is 0.120. The highest BCUT2D eigenvalue weighted by atomic mass is 16.7. The summed E-state index contributed by atoms with van der Waals surface area (Å²) in [7, 11) is 1.53. The molecule has 2 aliphatic rings. The van der Waals surface area contributed by atoms with Gasteiger partial charge in [-0.15, -0.1) is 0 Å². The molecule has 5 rings (SSSR count). The monoisotopic (exact) mass is 444 g/mol. The zero-order valence-corrected chi connectivity index (χ0v) is 17.7. The third kappa shape index (κ3) is 3.94. The Labute approximate surface area is 189 Å². The first-order valence-electron chi connectivity index (χ1n) is 10.2. The van der Waals surface area contributed by atoms with Crippen LogP contribution in [0.3, 0.4) is 0 Å². The first kappa shape index (κ1) is 20.4. The maximum absolute atomic E-state index is 13.0. The lowest BCUT2D eigenvalue weighted by Crippen LogP contribution is -2.35. The molecule has 0 unspecified atom stereocenters. The Bertz CT molecular complexity index is 1260. The standard InChI is InChI=1S/C25H20N2O6/c1-30-21-9-5-6-17(23(21)31-14-16-10-11-20-22(12-16)33-15-32-20)13-19-24(28)26-27(25(19)29)18-7-3-2-4-8-18/h2-13H,14-15H2,1H3,(H,26,28)/b19-13+. The van der Waals surface area contributed by atoms with Gasteiger partial charge >= 0.3 is 0 Å². The lowest BCUT2D eigenvalue weighted by molar-refractivity contribution is -0.117. The second-order valence-electron chi connectivity index (χ2n) is 7.33. The summed E-state index contributed by atoms with van der Waals surface area (Å²) in [5.41, 5.74) is 4.59. The van der Waals surface area contributed by atoms with Gasteiger partial charge in [-0.1, -0.05) is 36.4 Å². The smallest absolute Gasteiger partial charge is 0.282 e. The van der Waals surface area contributed by atoms with Gasteiger partial charge < -0.3 is 18.9 Å². The summed E-state index contributed by atoms with van der Waals surface area (Å²) >= 11 is 0. The molecule has 0 spiro atoms. The van der Waals surface area contributed by atoms with Gasteiger partial charge in [0.15, 0.2) is 23.0 Å². The van der Waals surface area contributed by atoms with E-state index < -0.39 is 11.8 Å². The highest BCUT2D eigenvalue weighted by molar-refractivity contribution is 6.31. The van der Waals surface area contributed by atoms with Gasteiger partial charge in [0.2, 0.25) is 6.79 Å². The van der Waals surface area contributed by atoms with Crippen LogP contribution in [0.5, 0.6) is 23.0 Å². The van der Waals surface area contributed by atoms with E-state index in [4.69, 9.17) is 18.9 Å². The number of methoxy groups -OCH3 is 1. The number of hydrazine groups is 1. The maximum Gasteiger partial charge on any atom is 0.282 e. The molecule has 0 bridgehead atoms. The molecule has 1 fully saturated rings. The molecule has 8 nitrogen and oxygen atoms in total. The third-order valence-corrected chi connectivity index (χ3v) is 5.26. The number of benzene rings is 3. The number of anilines is 1. The SMILES string of the molecule is COc1cccc(/C=C2\C(=O)NN(c3ccccc3)C2=O)c1OCc1ccc2c(c1)OCO2. The van der Waals surface area contributed by atoms with Crippen LogP contribution in [0.15, 0.2) is 72.3 Å². The average molecular weight is 444 g/mol. The van der Waals surface area contributed by atoms with Crippen LogP contribution in [0.4, 0.5) is 5.69 Å². The molecule has 2 heterocycles. The minimum Gasteiger partial charge on any atom is -0.493 e. The molecule has 0 saturated carbocycles. The highest BCUT2D eigenvalue weighted by Gasteiger charge is 2.34. The van der Waals surface area contributed by atoms with Crippen LogP contribution in [-0.4, -0.2) is 25.7 Å². The third-order valence-electron chi connectivity index (χ3n) is 5.26. The fourth-order valence-electron chi connectivity index (χ4n) is 3.62. The summed E-state index contributed by atoms with van der Waals surface area (Å²) in [4.78, 5) is 25.5. The van der Waals surface area contributed by atoms with Gasteiger partial charge in [0.1, 0.15) is 12.2 Å². The van der Waals surface area contributed by atoms with Crippen molar-refractivity contribution in [2.75, 3.05) is 18.9 Å². The summed E-state index contributed by atoms with van der Waals surface area (Å²) in [6.07, 6.45) is 1.51. The van der Waals surface area contributed by atoms with Gasteiger partial charge in [0.25, 0.3) is 11.8 Å². The Hall–Kier alpha value is -4.46. The zero-order valence-electron chi connectivity index (χ0n) is 17.7. The summed E-state index contributed by atoms with van der Waals surface area (Å²) in [6, 6.07) is 19.7. The molecule has 0 aliphatic carbocycles. The van der Waals surface area contributed by atoms with Crippen molar-refractivity contribution >= 4 is 23.6 Å². The number of nitrogens with zero attached hydrogens (tertiary/aromatic N) is 1. The number of hydrogen-bond acceptors (Lipinski definition) is 6. The number of carbonyl (C=O) groups excluding carboxylic acids is 2. The molecule has 3 aromatic carbocycles. The molecule has 8 heteroatoms. The summed E-state index contributed by atoms with van der Waals surface area (Å²) in [5.74, 6) is 1.31. The van der Waals surface area contributed by atoms with Gasteiger partial charge in [-0.2, -0.15) is 0 Å². The first-order chi connectivity index (χ1) is 16.1. The second-order valence-corrected chi connectivity index (χ2v) is 7.33. The number of amides is 2. The second kappa shape index (κ2) is 8.58. The molecule has 33 heavy (non-hydrogen) atoms. The average Bonchev–Trinajstić information content (AvgIpc) is 3.43. The topological polar surface area (TPSA) is 86.3 Å². The Kier molecular flexibility index (Phi) is 5.32. The van der Waals surface area contributed by atoms with Crippen LogP contribution in [0, 0.1) is 0 Å². The normalized spacial score (nSPS) is 15.7. The van der Waals surface area contributed by atoms with Gasteiger partial charge in [-0.05, 0) is 42.0 Å². The van der Waals surface area contributed by atoms with E-state index in [1.807, 2.05) is 24.3 Å². The van der Waals surface area contributed by atoms with E-state index in [0.717, 1.165) is 5.56 Å². The Morgan fingerprint density at radius 2 is 1.82 bits per heavy atom. The van der Waals surface area contributed by atoms with Crippen molar-refractivity contribution < 1.29 is 28.5 Å². The summed E-state index contributed by atoms with van der Waals surface area (Å²) < 4.78 is 22.3.